The molecule has 0 saturated carbocycles. The monoisotopic (exact) mass is 509 g/mol. The summed E-state index contributed by atoms with van der Waals surface area (Å²) in [5.41, 5.74) is 6.40. The number of aromatic nitrogens is 2. The largest absolute Gasteiger partial charge is 0.387 e. The third-order valence-corrected chi connectivity index (χ3v) is 5.92. The maximum Gasteiger partial charge on any atom is 0.248 e. The van der Waals surface area contributed by atoms with Gasteiger partial charge in [-0.1, -0.05) is 64.1 Å². The van der Waals surface area contributed by atoms with Gasteiger partial charge in [-0.15, -0.1) is 0 Å². The summed E-state index contributed by atoms with van der Waals surface area (Å²) in [7, 11) is 0. The first-order valence-corrected chi connectivity index (χ1v) is 13.5. The molecule has 2 aromatic rings. The number of benzene rings is 1. The van der Waals surface area contributed by atoms with Crippen LogP contribution >= 0.6 is 0 Å². The summed E-state index contributed by atoms with van der Waals surface area (Å²) >= 11 is 0. The van der Waals surface area contributed by atoms with Gasteiger partial charge in [0.15, 0.2) is 0 Å². The van der Waals surface area contributed by atoms with Crippen LogP contribution < -0.4 is 5.32 Å². The first-order chi connectivity index (χ1) is 17.8. The van der Waals surface area contributed by atoms with Crippen molar-refractivity contribution in [2.45, 2.75) is 80.2 Å². The van der Waals surface area contributed by atoms with E-state index in [9.17, 15) is 4.79 Å². The lowest BCUT2D eigenvalue weighted by Crippen LogP contribution is -2.39. The second-order valence-electron chi connectivity index (χ2n) is 8.91. The predicted molar refractivity (Wildman–Crippen MR) is 157 cm³/mol. The number of hydrogen-bond acceptors (Lipinski definition) is 5. The van der Waals surface area contributed by atoms with E-state index in [4.69, 9.17) is 10.2 Å². The van der Waals surface area contributed by atoms with Crippen molar-refractivity contribution in [3.8, 4) is 11.3 Å². The molecule has 204 valence electrons. The fourth-order valence-electron chi connectivity index (χ4n) is 4.18. The van der Waals surface area contributed by atoms with Gasteiger partial charge in [0.2, 0.25) is 5.91 Å². The molecular weight excluding hydrogens is 462 g/mol. The van der Waals surface area contributed by atoms with Crippen molar-refractivity contribution in [2.75, 3.05) is 19.7 Å². The number of aliphatic hydroxyl groups is 1. The molecule has 0 spiro atoms. The zero-order chi connectivity index (χ0) is 28.0. The number of aliphatic hydroxyl groups excluding tert-OH is 1. The number of amides is 1. The van der Waals surface area contributed by atoms with Crippen LogP contribution in [0.15, 0.2) is 47.7 Å². The summed E-state index contributed by atoms with van der Waals surface area (Å²) in [6.07, 6.45) is 5.41. The van der Waals surface area contributed by atoms with Crippen LogP contribution in [0.1, 0.15) is 84.0 Å². The third kappa shape index (κ3) is 9.32. The van der Waals surface area contributed by atoms with Crippen LogP contribution in [0.2, 0.25) is 0 Å². The van der Waals surface area contributed by atoms with Crippen LogP contribution in [-0.4, -0.2) is 58.1 Å². The number of aliphatic imine (C=N–C) groups is 1. The van der Waals surface area contributed by atoms with Gasteiger partial charge >= 0.3 is 0 Å². The lowest BCUT2D eigenvalue weighted by atomic mass is 9.87. The van der Waals surface area contributed by atoms with Crippen LogP contribution in [0.25, 0.3) is 16.8 Å². The van der Waals surface area contributed by atoms with Gasteiger partial charge in [0.25, 0.3) is 0 Å². The van der Waals surface area contributed by atoms with Crippen molar-refractivity contribution in [1.82, 2.24) is 20.4 Å². The molecule has 1 aromatic carbocycles. The fraction of sp³-hybridized carbons (Fsp3) is 0.500. The summed E-state index contributed by atoms with van der Waals surface area (Å²) in [6.45, 7) is 21.0. The first-order valence-electron chi connectivity index (χ1n) is 13.5. The summed E-state index contributed by atoms with van der Waals surface area (Å²) in [5, 5.41) is 20.4. The molecule has 1 amide bonds. The van der Waals surface area contributed by atoms with Gasteiger partial charge in [-0.25, -0.2) is 4.99 Å². The van der Waals surface area contributed by atoms with Crippen molar-refractivity contribution >= 4 is 17.7 Å². The van der Waals surface area contributed by atoms with Gasteiger partial charge in [0, 0.05) is 48.1 Å². The smallest absolute Gasteiger partial charge is 0.248 e. The molecule has 7 nitrogen and oxygen atoms in total. The number of nitrogens with zero attached hydrogens (tertiary/aromatic N) is 3. The Balaban J connectivity index is 0.00000163. The minimum atomic E-state index is -0.435. The third-order valence-electron chi connectivity index (χ3n) is 5.92. The molecule has 3 rings (SSSR count). The van der Waals surface area contributed by atoms with Crippen molar-refractivity contribution < 1.29 is 9.90 Å². The van der Waals surface area contributed by atoms with E-state index in [0.717, 1.165) is 40.9 Å². The van der Waals surface area contributed by atoms with E-state index < -0.39 is 6.61 Å². The average molecular weight is 510 g/mol. The van der Waals surface area contributed by atoms with Gasteiger partial charge < -0.3 is 15.3 Å². The predicted octanol–water partition coefficient (Wildman–Crippen LogP) is 6.08. The normalized spacial score (nSPS) is 14.1. The van der Waals surface area contributed by atoms with Crippen LogP contribution in [0, 0.1) is 6.92 Å². The van der Waals surface area contributed by atoms with E-state index in [-0.39, 0.29) is 17.9 Å². The lowest BCUT2D eigenvalue weighted by molar-refractivity contribution is -0.135. The molecule has 37 heavy (non-hydrogen) atoms. The molecule has 7 heteroatoms. The number of likely N-dealkylation sites (tertiary alicyclic amines) is 1. The highest BCUT2D eigenvalue weighted by Gasteiger charge is 2.28. The Morgan fingerprint density at radius 3 is 2.35 bits per heavy atom. The molecule has 3 N–H and O–H groups in total. The van der Waals surface area contributed by atoms with E-state index in [2.05, 4.69) is 60.1 Å². The number of H-pyrrole nitrogens is 1. The lowest BCUT2D eigenvalue weighted by Gasteiger charge is -2.31. The summed E-state index contributed by atoms with van der Waals surface area (Å²) in [4.78, 5) is 18.0. The second-order valence-corrected chi connectivity index (χ2v) is 8.91. The minimum absolute atomic E-state index is 0.207. The van der Waals surface area contributed by atoms with Gasteiger partial charge in [-0.3, -0.25) is 9.89 Å². The Morgan fingerprint density at radius 1 is 1.22 bits per heavy atom. The first kappa shape index (κ1) is 31.8. The van der Waals surface area contributed by atoms with Gasteiger partial charge in [-0.05, 0) is 52.2 Å². The number of aromatic amines is 1. The topological polar surface area (TPSA) is 93.6 Å². The van der Waals surface area contributed by atoms with E-state index in [0.29, 0.717) is 18.9 Å². The standard InChI is InChI=1S/C26H35N5O2.2C2H6/c1-17(2)28-20(5)27-13-10-19(4)24-25(21-8-6-18(3)7-9-21)29-30-26(24)22-11-14-31(15-12-22)23(33)16-32;2*1-2/h6-10,13,17,22,28,32H,5,11-12,14-16H2,1-4H3,(H,29,30);2*1-2H3/b19-10+,27-13-;;. The van der Waals surface area contributed by atoms with Crippen molar-refractivity contribution in [2.24, 2.45) is 4.99 Å². The van der Waals surface area contributed by atoms with Gasteiger partial charge in [0.05, 0.1) is 5.69 Å². The molecule has 1 saturated heterocycles. The Hall–Kier alpha value is -3.19. The van der Waals surface area contributed by atoms with Gasteiger partial charge in [0.1, 0.15) is 12.4 Å². The molecule has 2 heterocycles. The molecular formula is C30H47N5O2. The number of carbonyl (C=O) groups is 1. The Kier molecular flexibility index (Phi) is 14.2. The fourth-order valence-corrected chi connectivity index (χ4v) is 4.18. The van der Waals surface area contributed by atoms with E-state index in [1.165, 1.54) is 5.56 Å². The highest BCUT2D eigenvalue weighted by molar-refractivity contribution is 5.89. The quantitative estimate of drug-likeness (QED) is 0.376. The highest BCUT2D eigenvalue weighted by Crippen LogP contribution is 2.37. The SMILES string of the molecule is C=C(/N=C\C=C(/C)c1c(-c2ccc(C)cc2)n[nH]c1C1CCN(C(=O)CO)CC1)NC(C)C.CC.CC. The summed E-state index contributed by atoms with van der Waals surface area (Å²) in [5.74, 6) is 0.676. The van der Waals surface area contributed by atoms with Gasteiger partial charge in [-0.2, -0.15) is 5.10 Å². The molecule has 0 bridgehead atoms. The maximum atomic E-state index is 11.9. The van der Waals surface area contributed by atoms with E-state index in [1.54, 1.807) is 11.1 Å². The zero-order valence-corrected chi connectivity index (χ0v) is 24.1. The molecule has 1 aliphatic rings. The maximum absolute atomic E-state index is 11.9. The van der Waals surface area contributed by atoms with E-state index >= 15 is 0 Å². The molecule has 1 aromatic heterocycles. The zero-order valence-electron chi connectivity index (χ0n) is 24.1. The number of rotatable bonds is 8. The molecule has 1 aliphatic heterocycles. The number of piperidine rings is 1. The number of carbonyl (C=O) groups excluding carboxylic acids is 1. The number of aryl methyl sites for hydroxylation is 1. The van der Waals surface area contributed by atoms with Crippen LogP contribution in [-0.2, 0) is 4.79 Å². The molecule has 1 fully saturated rings. The Bertz CT molecular complexity index is 1030. The second kappa shape index (κ2) is 16.5. The number of hydrogen-bond donors (Lipinski definition) is 3. The van der Waals surface area contributed by atoms with Crippen LogP contribution in [0.3, 0.4) is 0 Å². The highest BCUT2D eigenvalue weighted by atomic mass is 16.3. The molecule has 0 radical (unpaired) electrons. The Morgan fingerprint density at radius 2 is 1.81 bits per heavy atom. The van der Waals surface area contributed by atoms with Crippen LogP contribution in [0.5, 0.6) is 0 Å². The minimum Gasteiger partial charge on any atom is -0.387 e. The number of allylic oxidation sites excluding steroid dienone is 2. The van der Waals surface area contributed by atoms with Crippen molar-refractivity contribution in [3.05, 3.63) is 59.6 Å². The summed E-state index contributed by atoms with van der Waals surface area (Å²) < 4.78 is 0. The molecule has 0 atom stereocenters. The molecule has 0 aliphatic carbocycles. The number of nitrogens with one attached hydrogen (secondary N) is 2. The Labute approximate surface area is 223 Å². The molecule has 0 unspecified atom stereocenters. The summed E-state index contributed by atoms with van der Waals surface area (Å²) in [6, 6.07) is 8.65. The van der Waals surface area contributed by atoms with Crippen molar-refractivity contribution in [1.29, 1.82) is 0 Å². The van der Waals surface area contributed by atoms with E-state index in [1.807, 2.05) is 47.6 Å². The van der Waals surface area contributed by atoms with Crippen LogP contribution in [0.4, 0.5) is 0 Å². The average Bonchev–Trinajstić information content (AvgIpc) is 3.36. The van der Waals surface area contributed by atoms with Crippen molar-refractivity contribution in [3.63, 3.8) is 0 Å².